The Bertz CT molecular complexity index is 1390. The average molecular weight is 546 g/mol. The van der Waals surface area contributed by atoms with Crippen molar-refractivity contribution in [3.63, 3.8) is 0 Å². The zero-order valence-corrected chi connectivity index (χ0v) is 23.2. The summed E-state index contributed by atoms with van der Waals surface area (Å²) in [7, 11) is 1.59. The summed E-state index contributed by atoms with van der Waals surface area (Å²) in [6.45, 7) is 6.13. The van der Waals surface area contributed by atoms with Crippen molar-refractivity contribution in [2.24, 2.45) is 5.41 Å². The van der Waals surface area contributed by atoms with Crippen LogP contribution in [0.5, 0.6) is 5.75 Å². The van der Waals surface area contributed by atoms with Crippen LogP contribution in [0.1, 0.15) is 55.5 Å². The molecule has 1 aliphatic carbocycles. The zero-order chi connectivity index (χ0) is 28.2. The van der Waals surface area contributed by atoms with Crippen molar-refractivity contribution in [3.8, 4) is 11.8 Å². The number of anilines is 1. The van der Waals surface area contributed by atoms with E-state index in [1.165, 1.54) is 11.8 Å². The van der Waals surface area contributed by atoms with Crippen molar-refractivity contribution in [1.82, 2.24) is 5.32 Å². The van der Waals surface area contributed by atoms with Crippen LogP contribution in [0.3, 0.4) is 0 Å². The van der Waals surface area contributed by atoms with E-state index < -0.39 is 11.9 Å². The molecule has 1 atom stereocenters. The van der Waals surface area contributed by atoms with E-state index in [9.17, 15) is 19.6 Å². The van der Waals surface area contributed by atoms with E-state index >= 15 is 0 Å². The Morgan fingerprint density at radius 2 is 1.82 bits per heavy atom. The SMILES string of the molecule is CCOC(=O)c1ccc(NC(=O)CSC2=C(C#N)C(c3ccc(OC)cc3)C3=C(CC(C)(C)CC3=O)N2)cc1. The Balaban J connectivity index is 1.56. The maximum atomic E-state index is 13.3. The fourth-order valence-electron chi connectivity index (χ4n) is 4.86. The Morgan fingerprint density at radius 3 is 2.44 bits per heavy atom. The van der Waals surface area contributed by atoms with Crippen molar-refractivity contribution < 1.29 is 23.9 Å². The molecular formula is C30H31N3O5S. The zero-order valence-electron chi connectivity index (χ0n) is 22.4. The first-order chi connectivity index (χ1) is 18.7. The minimum Gasteiger partial charge on any atom is -0.497 e. The van der Waals surface area contributed by atoms with Gasteiger partial charge in [0.15, 0.2) is 5.78 Å². The molecule has 9 heteroatoms. The van der Waals surface area contributed by atoms with Crippen molar-refractivity contribution in [2.75, 3.05) is 24.8 Å². The number of thioether (sulfide) groups is 1. The number of ketones is 1. The van der Waals surface area contributed by atoms with Crippen LogP contribution in [0.4, 0.5) is 5.69 Å². The molecular weight excluding hydrogens is 514 g/mol. The normalized spacial score (nSPS) is 18.0. The number of esters is 1. The number of methoxy groups -OCH3 is 1. The predicted octanol–water partition coefficient (Wildman–Crippen LogP) is 5.31. The molecule has 202 valence electrons. The first-order valence-corrected chi connectivity index (χ1v) is 13.7. The highest BCUT2D eigenvalue weighted by Gasteiger charge is 2.42. The summed E-state index contributed by atoms with van der Waals surface area (Å²) < 4.78 is 10.3. The second-order valence-electron chi connectivity index (χ2n) is 10.2. The Morgan fingerprint density at radius 1 is 1.13 bits per heavy atom. The molecule has 2 aromatic rings. The van der Waals surface area contributed by atoms with Gasteiger partial charge in [0, 0.05) is 23.4 Å². The molecule has 1 heterocycles. The average Bonchev–Trinajstić information content (AvgIpc) is 2.91. The van der Waals surface area contributed by atoms with Crippen molar-refractivity contribution in [3.05, 3.63) is 81.5 Å². The summed E-state index contributed by atoms with van der Waals surface area (Å²) in [5.74, 6) is -0.465. The van der Waals surface area contributed by atoms with Crippen molar-refractivity contribution >= 4 is 35.1 Å². The molecule has 2 N–H and O–H groups in total. The molecule has 2 aliphatic rings. The van der Waals surface area contributed by atoms with Gasteiger partial charge in [-0.25, -0.2) is 4.79 Å². The van der Waals surface area contributed by atoms with Crippen LogP contribution in [0, 0.1) is 16.7 Å². The minimum absolute atomic E-state index is 0.0235. The number of ether oxygens (including phenoxy) is 2. The summed E-state index contributed by atoms with van der Waals surface area (Å²) >= 11 is 1.22. The molecule has 1 amide bonds. The van der Waals surface area contributed by atoms with E-state index in [1.54, 1.807) is 38.3 Å². The fraction of sp³-hybridized carbons (Fsp3) is 0.333. The molecule has 8 nitrogen and oxygen atoms in total. The van der Waals surface area contributed by atoms with Gasteiger partial charge in [0.2, 0.25) is 5.91 Å². The molecule has 0 fully saturated rings. The largest absolute Gasteiger partial charge is 0.497 e. The summed E-state index contributed by atoms with van der Waals surface area (Å²) in [5, 5.41) is 16.9. The molecule has 4 rings (SSSR count). The van der Waals surface area contributed by atoms with Gasteiger partial charge in [0.1, 0.15) is 5.75 Å². The van der Waals surface area contributed by atoms with Crippen LogP contribution in [0.2, 0.25) is 0 Å². The summed E-state index contributed by atoms with van der Waals surface area (Å²) in [6, 6.07) is 16.2. The maximum absolute atomic E-state index is 13.3. The van der Waals surface area contributed by atoms with Gasteiger partial charge in [-0.2, -0.15) is 5.26 Å². The number of rotatable bonds is 8. The van der Waals surface area contributed by atoms with Gasteiger partial charge in [0.05, 0.1) is 47.6 Å². The number of nitriles is 1. The Labute approximate surface area is 232 Å². The van der Waals surface area contributed by atoms with E-state index in [0.717, 1.165) is 11.3 Å². The monoisotopic (exact) mass is 545 g/mol. The highest BCUT2D eigenvalue weighted by Crippen LogP contribution is 2.48. The number of hydrogen-bond donors (Lipinski definition) is 2. The second-order valence-corrected chi connectivity index (χ2v) is 11.1. The van der Waals surface area contributed by atoms with E-state index in [4.69, 9.17) is 9.47 Å². The Kier molecular flexibility index (Phi) is 8.46. The predicted molar refractivity (Wildman–Crippen MR) is 150 cm³/mol. The molecule has 0 saturated heterocycles. The van der Waals surface area contributed by atoms with Crippen molar-refractivity contribution in [1.29, 1.82) is 5.26 Å². The molecule has 0 radical (unpaired) electrons. The van der Waals surface area contributed by atoms with Crippen LogP contribution in [0.15, 0.2) is 70.4 Å². The van der Waals surface area contributed by atoms with Crippen LogP contribution in [-0.2, 0) is 14.3 Å². The first-order valence-electron chi connectivity index (χ1n) is 12.7. The lowest BCUT2D eigenvalue weighted by molar-refractivity contribution is -0.118. The van der Waals surface area contributed by atoms with Gasteiger partial charge in [-0.05, 0) is 60.7 Å². The lowest BCUT2D eigenvalue weighted by Gasteiger charge is -2.39. The highest BCUT2D eigenvalue weighted by atomic mass is 32.2. The van der Waals surface area contributed by atoms with Crippen LogP contribution in [0.25, 0.3) is 0 Å². The summed E-state index contributed by atoms with van der Waals surface area (Å²) in [6.07, 6.45) is 1.06. The number of nitrogens with zero attached hydrogens (tertiary/aromatic N) is 1. The summed E-state index contributed by atoms with van der Waals surface area (Å²) in [5.41, 5.74) is 3.36. The van der Waals surface area contributed by atoms with Gasteiger partial charge in [-0.1, -0.05) is 37.7 Å². The second kappa shape index (κ2) is 11.8. The number of Topliss-reactive ketones (excluding diaryl/α,β-unsaturated/α-hetero) is 1. The number of carbonyl (C=O) groups is 3. The van der Waals surface area contributed by atoms with Gasteiger partial charge in [0.25, 0.3) is 0 Å². The number of amides is 1. The number of nitrogens with one attached hydrogen (secondary N) is 2. The number of hydrogen-bond acceptors (Lipinski definition) is 8. The number of dihydropyridines is 1. The standard InChI is InChI=1S/C30H31N3O5S/c1-5-38-29(36)19-6-10-20(11-7-19)32-25(35)17-39-28-22(16-31)26(18-8-12-21(37-4)13-9-18)27-23(33-28)14-30(2,3)15-24(27)34/h6-13,26,33H,5,14-15,17H2,1-4H3,(H,32,35). The molecule has 39 heavy (non-hydrogen) atoms. The maximum Gasteiger partial charge on any atom is 0.338 e. The minimum atomic E-state index is -0.526. The number of benzene rings is 2. The van der Waals surface area contributed by atoms with Gasteiger partial charge >= 0.3 is 5.97 Å². The molecule has 0 aromatic heterocycles. The van der Waals surface area contributed by atoms with E-state index in [1.807, 2.05) is 24.3 Å². The number of carbonyl (C=O) groups excluding carboxylic acids is 3. The number of allylic oxidation sites excluding steroid dienone is 3. The molecule has 0 spiro atoms. The van der Waals surface area contributed by atoms with Crippen LogP contribution in [-0.4, -0.2) is 37.1 Å². The molecule has 1 unspecified atom stereocenters. The Hall–Kier alpha value is -4.03. The van der Waals surface area contributed by atoms with E-state index in [2.05, 4.69) is 30.6 Å². The van der Waals surface area contributed by atoms with Gasteiger partial charge in [-0.15, -0.1) is 0 Å². The molecule has 2 aromatic carbocycles. The van der Waals surface area contributed by atoms with Crippen LogP contribution < -0.4 is 15.4 Å². The fourth-order valence-corrected chi connectivity index (χ4v) is 5.72. The van der Waals surface area contributed by atoms with Crippen molar-refractivity contribution in [2.45, 2.75) is 39.5 Å². The van der Waals surface area contributed by atoms with E-state index in [0.29, 0.717) is 46.0 Å². The molecule has 0 bridgehead atoms. The van der Waals surface area contributed by atoms with Crippen LogP contribution >= 0.6 is 11.8 Å². The molecule has 1 aliphatic heterocycles. The lowest BCUT2D eigenvalue weighted by Crippen LogP contribution is -2.37. The van der Waals surface area contributed by atoms with Gasteiger partial charge < -0.3 is 20.1 Å². The third-order valence-corrected chi connectivity index (χ3v) is 7.62. The quantitative estimate of drug-likeness (QED) is 0.429. The third-order valence-electron chi connectivity index (χ3n) is 6.60. The molecule has 0 saturated carbocycles. The topological polar surface area (TPSA) is 118 Å². The van der Waals surface area contributed by atoms with E-state index in [-0.39, 0.29) is 29.5 Å². The van der Waals surface area contributed by atoms with Gasteiger partial charge in [-0.3, -0.25) is 9.59 Å². The highest BCUT2D eigenvalue weighted by molar-refractivity contribution is 8.03. The first kappa shape index (κ1) is 28.0. The smallest absolute Gasteiger partial charge is 0.338 e. The lowest BCUT2D eigenvalue weighted by atomic mass is 9.69. The third kappa shape index (κ3) is 6.35. The summed E-state index contributed by atoms with van der Waals surface area (Å²) in [4.78, 5) is 38.0.